The number of hydrogen-bond donors (Lipinski definition) is 0. The smallest absolute Gasteiger partial charge is 0.0999 e. The maximum absolute atomic E-state index is 5.74. The number of rotatable bonds is 2. The number of pyridine rings is 1. The lowest BCUT2D eigenvalue weighted by Crippen LogP contribution is -2.07. The fourth-order valence-corrected chi connectivity index (χ4v) is 2.59. The molecule has 2 aliphatic rings. The first-order chi connectivity index (χ1) is 7.95. The van der Waals surface area contributed by atoms with Gasteiger partial charge in [-0.05, 0) is 31.7 Å². The molecule has 0 aromatic carbocycles. The summed E-state index contributed by atoms with van der Waals surface area (Å²) in [5, 5.41) is 0. The summed E-state index contributed by atoms with van der Waals surface area (Å²) in [6, 6.07) is 4.13. The Balaban J connectivity index is 1.90. The van der Waals surface area contributed by atoms with Crippen molar-refractivity contribution < 1.29 is 9.47 Å². The topological polar surface area (TPSA) is 31.4 Å². The minimum Gasteiger partial charge on any atom is -0.373 e. The van der Waals surface area contributed by atoms with E-state index in [0.717, 1.165) is 44.6 Å². The van der Waals surface area contributed by atoms with Crippen LogP contribution in [0.15, 0.2) is 18.3 Å². The van der Waals surface area contributed by atoms with Crippen LogP contribution in [0.4, 0.5) is 0 Å². The first kappa shape index (κ1) is 10.2. The van der Waals surface area contributed by atoms with E-state index in [9.17, 15) is 0 Å². The van der Waals surface area contributed by atoms with Crippen molar-refractivity contribution in [1.29, 1.82) is 0 Å². The van der Waals surface area contributed by atoms with Crippen molar-refractivity contribution in [3.8, 4) is 0 Å². The maximum Gasteiger partial charge on any atom is 0.0999 e. The second-order valence-electron chi connectivity index (χ2n) is 4.48. The fraction of sp³-hybridized carbons (Fsp3) is 0.615. The van der Waals surface area contributed by atoms with Crippen LogP contribution in [-0.4, -0.2) is 18.2 Å². The standard InChI is InChI=1S/C13H17NO2/c1-4-10(11-5-2-8-15-11)13(14-7-1)12-6-3-9-16-12/h1,4,7,11-12H,2-3,5-6,8-9H2. The molecule has 2 fully saturated rings. The third-order valence-corrected chi connectivity index (χ3v) is 3.38. The lowest BCUT2D eigenvalue weighted by atomic mass is 10.0. The van der Waals surface area contributed by atoms with Gasteiger partial charge in [0.05, 0.1) is 17.9 Å². The second-order valence-corrected chi connectivity index (χ2v) is 4.48. The molecule has 3 heterocycles. The fourth-order valence-electron chi connectivity index (χ4n) is 2.59. The highest BCUT2D eigenvalue weighted by Gasteiger charge is 2.27. The molecular formula is C13H17NO2. The molecule has 1 aromatic rings. The summed E-state index contributed by atoms with van der Waals surface area (Å²) in [6.07, 6.45) is 6.81. The Labute approximate surface area is 95.8 Å². The van der Waals surface area contributed by atoms with Crippen LogP contribution in [0.5, 0.6) is 0 Å². The van der Waals surface area contributed by atoms with Crippen molar-refractivity contribution in [3.05, 3.63) is 29.6 Å². The maximum atomic E-state index is 5.74. The molecule has 3 nitrogen and oxygen atoms in total. The Kier molecular flexibility index (Phi) is 2.89. The van der Waals surface area contributed by atoms with Crippen LogP contribution in [0.1, 0.15) is 49.1 Å². The molecule has 2 unspecified atom stereocenters. The molecule has 0 aliphatic carbocycles. The lowest BCUT2D eigenvalue weighted by Gasteiger charge is -2.17. The van der Waals surface area contributed by atoms with Crippen LogP contribution in [0.2, 0.25) is 0 Å². The highest BCUT2D eigenvalue weighted by Crippen LogP contribution is 2.36. The molecule has 3 heteroatoms. The Hall–Kier alpha value is -0.930. The van der Waals surface area contributed by atoms with Crippen LogP contribution in [-0.2, 0) is 9.47 Å². The first-order valence-electron chi connectivity index (χ1n) is 6.13. The molecule has 2 saturated heterocycles. The minimum absolute atomic E-state index is 0.195. The van der Waals surface area contributed by atoms with Gasteiger partial charge in [0, 0.05) is 25.0 Å². The van der Waals surface area contributed by atoms with Gasteiger partial charge in [0.15, 0.2) is 0 Å². The van der Waals surface area contributed by atoms with Crippen LogP contribution in [0, 0.1) is 0 Å². The van der Waals surface area contributed by atoms with Crippen LogP contribution in [0.25, 0.3) is 0 Å². The van der Waals surface area contributed by atoms with Crippen molar-refractivity contribution in [2.75, 3.05) is 13.2 Å². The van der Waals surface area contributed by atoms with E-state index in [2.05, 4.69) is 11.1 Å². The zero-order valence-electron chi connectivity index (χ0n) is 9.39. The molecule has 2 aliphatic heterocycles. The Morgan fingerprint density at radius 3 is 2.50 bits per heavy atom. The van der Waals surface area contributed by atoms with Crippen LogP contribution < -0.4 is 0 Å². The average Bonchev–Trinajstić information content (AvgIpc) is 3.03. The first-order valence-corrected chi connectivity index (χ1v) is 6.13. The lowest BCUT2D eigenvalue weighted by molar-refractivity contribution is 0.0914. The van der Waals surface area contributed by atoms with E-state index < -0.39 is 0 Å². The van der Waals surface area contributed by atoms with Gasteiger partial charge in [0.25, 0.3) is 0 Å². The van der Waals surface area contributed by atoms with Crippen molar-refractivity contribution in [2.24, 2.45) is 0 Å². The van der Waals surface area contributed by atoms with Crippen molar-refractivity contribution in [2.45, 2.75) is 37.9 Å². The van der Waals surface area contributed by atoms with Crippen LogP contribution >= 0.6 is 0 Å². The molecule has 0 bridgehead atoms. The zero-order valence-corrected chi connectivity index (χ0v) is 9.39. The van der Waals surface area contributed by atoms with Gasteiger partial charge in [0.1, 0.15) is 0 Å². The van der Waals surface area contributed by atoms with Gasteiger partial charge >= 0.3 is 0 Å². The number of nitrogens with zero attached hydrogens (tertiary/aromatic N) is 1. The minimum atomic E-state index is 0.195. The highest BCUT2D eigenvalue weighted by molar-refractivity contribution is 5.25. The Bertz CT molecular complexity index is 320. The van der Waals surface area contributed by atoms with Gasteiger partial charge in [-0.1, -0.05) is 6.07 Å². The van der Waals surface area contributed by atoms with Gasteiger partial charge < -0.3 is 9.47 Å². The molecule has 0 spiro atoms. The third kappa shape index (κ3) is 1.85. The zero-order chi connectivity index (χ0) is 10.8. The molecule has 1 aromatic heterocycles. The summed E-state index contributed by atoms with van der Waals surface area (Å²) in [5.41, 5.74) is 2.35. The summed E-state index contributed by atoms with van der Waals surface area (Å²) < 4.78 is 11.5. The average molecular weight is 219 g/mol. The molecule has 0 N–H and O–H groups in total. The molecule has 3 rings (SSSR count). The van der Waals surface area contributed by atoms with Gasteiger partial charge in [-0.2, -0.15) is 0 Å². The van der Waals surface area contributed by atoms with E-state index in [1.54, 1.807) is 0 Å². The number of hydrogen-bond acceptors (Lipinski definition) is 3. The summed E-state index contributed by atoms with van der Waals surface area (Å²) >= 11 is 0. The van der Waals surface area contributed by atoms with Crippen LogP contribution in [0.3, 0.4) is 0 Å². The van der Waals surface area contributed by atoms with E-state index in [1.165, 1.54) is 5.56 Å². The van der Waals surface area contributed by atoms with E-state index in [-0.39, 0.29) is 12.2 Å². The van der Waals surface area contributed by atoms with Gasteiger partial charge in [-0.25, -0.2) is 0 Å². The highest BCUT2D eigenvalue weighted by atomic mass is 16.5. The van der Waals surface area contributed by atoms with Crippen molar-refractivity contribution >= 4 is 0 Å². The number of ether oxygens (including phenoxy) is 2. The molecule has 16 heavy (non-hydrogen) atoms. The predicted molar refractivity (Wildman–Crippen MR) is 60.1 cm³/mol. The SMILES string of the molecule is c1cnc(C2CCCO2)c(C2CCCO2)c1. The van der Waals surface area contributed by atoms with Crippen molar-refractivity contribution in [3.63, 3.8) is 0 Å². The van der Waals surface area contributed by atoms with Gasteiger partial charge in [0.2, 0.25) is 0 Å². The molecular weight excluding hydrogens is 202 g/mol. The molecule has 0 radical (unpaired) electrons. The third-order valence-electron chi connectivity index (χ3n) is 3.38. The monoisotopic (exact) mass is 219 g/mol. The van der Waals surface area contributed by atoms with E-state index in [1.807, 2.05) is 12.3 Å². The summed E-state index contributed by atoms with van der Waals surface area (Å²) in [5.74, 6) is 0. The second kappa shape index (κ2) is 4.52. The quantitative estimate of drug-likeness (QED) is 0.766. The molecule has 0 saturated carbocycles. The Morgan fingerprint density at radius 1 is 1.06 bits per heavy atom. The largest absolute Gasteiger partial charge is 0.373 e. The summed E-state index contributed by atoms with van der Waals surface area (Å²) in [4.78, 5) is 4.50. The predicted octanol–water partition coefficient (Wildman–Crippen LogP) is 2.78. The van der Waals surface area contributed by atoms with Gasteiger partial charge in [-0.15, -0.1) is 0 Å². The number of aromatic nitrogens is 1. The van der Waals surface area contributed by atoms with Crippen molar-refractivity contribution in [1.82, 2.24) is 4.98 Å². The summed E-state index contributed by atoms with van der Waals surface area (Å²) in [6.45, 7) is 1.75. The van der Waals surface area contributed by atoms with E-state index in [0.29, 0.717) is 0 Å². The molecule has 2 atom stereocenters. The van der Waals surface area contributed by atoms with Gasteiger partial charge in [-0.3, -0.25) is 4.98 Å². The molecule has 0 amide bonds. The van der Waals surface area contributed by atoms with E-state index in [4.69, 9.17) is 9.47 Å². The Morgan fingerprint density at radius 2 is 1.81 bits per heavy atom. The van der Waals surface area contributed by atoms with E-state index >= 15 is 0 Å². The summed E-state index contributed by atoms with van der Waals surface area (Å²) in [7, 11) is 0. The molecule has 86 valence electrons. The normalized spacial score (nSPS) is 29.8.